The first-order chi connectivity index (χ1) is 7.75. The molecule has 0 aliphatic heterocycles. The molecule has 0 aliphatic carbocycles. The smallest absolute Gasteiger partial charge is 0.310 e. The van der Waals surface area contributed by atoms with E-state index < -0.39 is 11.4 Å². The highest BCUT2D eigenvalue weighted by atomic mass is 16.4. The Balaban J connectivity index is 3.98. The van der Waals surface area contributed by atoms with Crippen molar-refractivity contribution in [2.75, 3.05) is 6.54 Å². The van der Waals surface area contributed by atoms with Gasteiger partial charge in [0.2, 0.25) is 0 Å². The number of rotatable bonds is 9. The molecule has 0 unspecified atom stereocenters. The fraction of sp³-hybridized carbons (Fsp3) is 0.929. The van der Waals surface area contributed by atoms with Crippen LogP contribution in [-0.4, -0.2) is 23.2 Å². The van der Waals surface area contributed by atoms with Gasteiger partial charge in [0.25, 0.3) is 0 Å². The highest BCUT2D eigenvalue weighted by molar-refractivity contribution is 5.75. The van der Waals surface area contributed by atoms with Gasteiger partial charge in [0, 0.05) is 5.54 Å². The molecule has 0 radical (unpaired) electrons. The van der Waals surface area contributed by atoms with Crippen molar-refractivity contribution in [2.45, 2.75) is 72.3 Å². The molecule has 0 aromatic heterocycles. The summed E-state index contributed by atoms with van der Waals surface area (Å²) < 4.78 is 0. The van der Waals surface area contributed by atoms with Gasteiger partial charge in [0.1, 0.15) is 0 Å². The Morgan fingerprint density at radius 1 is 1.06 bits per heavy atom. The average Bonchev–Trinajstić information content (AvgIpc) is 2.22. The predicted molar refractivity (Wildman–Crippen MR) is 72.3 cm³/mol. The summed E-state index contributed by atoms with van der Waals surface area (Å²) in [5, 5.41) is 12.6. The fourth-order valence-electron chi connectivity index (χ4n) is 1.62. The first kappa shape index (κ1) is 16.4. The lowest BCUT2D eigenvalue weighted by molar-refractivity contribution is -0.151. The van der Waals surface area contributed by atoms with E-state index in [4.69, 9.17) is 0 Å². The Labute approximate surface area is 106 Å². The summed E-state index contributed by atoms with van der Waals surface area (Å²) >= 11 is 0. The van der Waals surface area contributed by atoms with E-state index in [1.54, 1.807) is 13.8 Å². The van der Waals surface area contributed by atoms with E-state index >= 15 is 0 Å². The van der Waals surface area contributed by atoms with Crippen LogP contribution in [0.5, 0.6) is 0 Å². The second-order valence-electron chi connectivity index (χ2n) is 5.90. The van der Waals surface area contributed by atoms with Crippen LogP contribution >= 0.6 is 0 Å². The number of carbonyl (C=O) groups is 1. The van der Waals surface area contributed by atoms with Crippen LogP contribution in [0.15, 0.2) is 0 Å². The van der Waals surface area contributed by atoms with Crippen LogP contribution in [0.1, 0.15) is 66.7 Å². The van der Waals surface area contributed by atoms with Crippen LogP contribution in [-0.2, 0) is 4.79 Å². The summed E-state index contributed by atoms with van der Waals surface area (Å²) in [5.41, 5.74) is -1.14. The van der Waals surface area contributed by atoms with Crippen molar-refractivity contribution in [3.05, 3.63) is 0 Å². The monoisotopic (exact) mass is 243 g/mol. The molecule has 0 saturated carbocycles. The first-order valence-electron chi connectivity index (χ1n) is 6.74. The SMILES string of the molecule is CCCCCCCNC(C)(C)C(C)(C)C(=O)O. The molecular formula is C14H29NO2. The molecule has 102 valence electrons. The van der Waals surface area contributed by atoms with Gasteiger partial charge in [-0.05, 0) is 40.7 Å². The predicted octanol–water partition coefficient (Wildman–Crippen LogP) is 3.44. The second kappa shape index (κ2) is 7.00. The van der Waals surface area contributed by atoms with Crippen LogP contribution in [0.3, 0.4) is 0 Å². The highest BCUT2D eigenvalue weighted by Crippen LogP contribution is 2.30. The molecule has 0 heterocycles. The molecule has 0 rings (SSSR count). The van der Waals surface area contributed by atoms with Gasteiger partial charge in [0.05, 0.1) is 5.41 Å². The first-order valence-corrected chi connectivity index (χ1v) is 6.74. The van der Waals surface area contributed by atoms with Gasteiger partial charge >= 0.3 is 5.97 Å². The van der Waals surface area contributed by atoms with Crippen LogP contribution in [0.2, 0.25) is 0 Å². The lowest BCUT2D eigenvalue weighted by atomic mass is 9.74. The normalized spacial score (nSPS) is 12.8. The summed E-state index contributed by atoms with van der Waals surface area (Å²) in [6.45, 7) is 10.6. The molecular weight excluding hydrogens is 214 g/mol. The number of carboxylic acids is 1. The molecule has 0 fully saturated rings. The maximum Gasteiger partial charge on any atom is 0.310 e. The van der Waals surface area contributed by atoms with Crippen molar-refractivity contribution in [1.82, 2.24) is 5.32 Å². The van der Waals surface area contributed by atoms with Crippen molar-refractivity contribution < 1.29 is 9.90 Å². The van der Waals surface area contributed by atoms with E-state index in [1.165, 1.54) is 25.7 Å². The standard InChI is InChI=1S/C14H29NO2/c1-6-7-8-9-10-11-15-14(4,5)13(2,3)12(16)17/h15H,6-11H2,1-5H3,(H,16,17). The summed E-state index contributed by atoms with van der Waals surface area (Å²) in [4.78, 5) is 11.2. The molecule has 0 saturated heterocycles. The molecule has 0 aromatic carbocycles. The molecule has 17 heavy (non-hydrogen) atoms. The summed E-state index contributed by atoms with van der Waals surface area (Å²) in [5.74, 6) is -0.749. The number of nitrogens with one attached hydrogen (secondary N) is 1. The summed E-state index contributed by atoms with van der Waals surface area (Å²) in [6.07, 6.45) is 6.18. The minimum Gasteiger partial charge on any atom is -0.481 e. The number of unbranched alkanes of at least 4 members (excludes halogenated alkanes) is 4. The van der Waals surface area contributed by atoms with Crippen LogP contribution < -0.4 is 5.32 Å². The number of aliphatic carboxylic acids is 1. The third-order valence-corrected chi connectivity index (χ3v) is 3.94. The van der Waals surface area contributed by atoms with Gasteiger partial charge < -0.3 is 10.4 Å². The topological polar surface area (TPSA) is 49.3 Å². The largest absolute Gasteiger partial charge is 0.481 e. The fourth-order valence-corrected chi connectivity index (χ4v) is 1.62. The lowest BCUT2D eigenvalue weighted by Crippen LogP contribution is -2.55. The van der Waals surface area contributed by atoms with E-state index in [0.717, 1.165) is 13.0 Å². The van der Waals surface area contributed by atoms with Crippen molar-refractivity contribution in [3.8, 4) is 0 Å². The molecule has 0 aliphatic rings. The van der Waals surface area contributed by atoms with E-state index in [0.29, 0.717) is 0 Å². The minimum absolute atomic E-state index is 0.385. The lowest BCUT2D eigenvalue weighted by Gasteiger charge is -2.39. The Morgan fingerprint density at radius 2 is 1.59 bits per heavy atom. The Bertz CT molecular complexity index is 234. The number of hydrogen-bond donors (Lipinski definition) is 2. The van der Waals surface area contributed by atoms with Crippen LogP contribution in [0.25, 0.3) is 0 Å². The van der Waals surface area contributed by atoms with Gasteiger partial charge in [-0.2, -0.15) is 0 Å². The molecule has 3 nitrogen and oxygen atoms in total. The van der Waals surface area contributed by atoms with Crippen molar-refractivity contribution >= 4 is 5.97 Å². The van der Waals surface area contributed by atoms with Gasteiger partial charge in [-0.1, -0.05) is 32.6 Å². The zero-order valence-corrected chi connectivity index (χ0v) is 12.1. The third-order valence-electron chi connectivity index (χ3n) is 3.94. The number of carboxylic acid groups (broad SMARTS) is 1. The molecule has 0 spiro atoms. The molecule has 3 heteroatoms. The Morgan fingerprint density at radius 3 is 2.06 bits per heavy atom. The zero-order chi connectivity index (χ0) is 13.5. The van der Waals surface area contributed by atoms with E-state index in [2.05, 4.69) is 12.2 Å². The summed E-state index contributed by atoms with van der Waals surface area (Å²) in [6, 6.07) is 0. The van der Waals surface area contributed by atoms with Crippen molar-refractivity contribution in [1.29, 1.82) is 0 Å². The summed E-state index contributed by atoms with van der Waals surface area (Å²) in [7, 11) is 0. The van der Waals surface area contributed by atoms with E-state index in [-0.39, 0.29) is 5.54 Å². The minimum atomic E-state index is -0.754. The highest BCUT2D eigenvalue weighted by Gasteiger charge is 2.42. The van der Waals surface area contributed by atoms with Crippen molar-refractivity contribution in [2.24, 2.45) is 5.41 Å². The molecule has 2 N–H and O–H groups in total. The van der Waals surface area contributed by atoms with Crippen LogP contribution in [0, 0.1) is 5.41 Å². The maximum atomic E-state index is 11.2. The quantitative estimate of drug-likeness (QED) is 0.610. The number of hydrogen-bond acceptors (Lipinski definition) is 2. The van der Waals surface area contributed by atoms with Crippen LogP contribution in [0.4, 0.5) is 0 Å². The average molecular weight is 243 g/mol. The van der Waals surface area contributed by atoms with Gasteiger partial charge in [0.15, 0.2) is 0 Å². The van der Waals surface area contributed by atoms with Gasteiger partial charge in [-0.15, -0.1) is 0 Å². The Hall–Kier alpha value is -0.570. The van der Waals surface area contributed by atoms with Gasteiger partial charge in [-0.3, -0.25) is 4.79 Å². The van der Waals surface area contributed by atoms with E-state index in [9.17, 15) is 9.90 Å². The van der Waals surface area contributed by atoms with Crippen molar-refractivity contribution in [3.63, 3.8) is 0 Å². The maximum absolute atomic E-state index is 11.2. The second-order valence-corrected chi connectivity index (χ2v) is 5.90. The Kier molecular flexibility index (Phi) is 6.76. The molecule has 0 bridgehead atoms. The molecule has 0 aromatic rings. The van der Waals surface area contributed by atoms with E-state index in [1.807, 2.05) is 13.8 Å². The van der Waals surface area contributed by atoms with Gasteiger partial charge in [-0.25, -0.2) is 0 Å². The zero-order valence-electron chi connectivity index (χ0n) is 12.1. The molecule has 0 atom stereocenters. The third kappa shape index (κ3) is 5.07. The molecule has 0 amide bonds.